The van der Waals surface area contributed by atoms with Gasteiger partial charge in [0, 0.05) is 51.3 Å². The van der Waals surface area contributed by atoms with Crippen molar-refractivity contribution in [1.29, 1.82) is 0 Å². The maximum Gasteiger partial charge on any atom is 0.255 e. The quantitative estimate of drug-likeness (QED) is 0.644. The van der Waals surface area contributed by atoms with E-state index in [1.54, 1.807) is 18.2 Å². The Balaban J connectivity index is 1.34. The number of imidazole rings is 1. The zero-order valence-corrected chi connectivity index (χ0v) is 17.8. The Hall–Kier alpha value is -2.87. The van der Waals surface area contributed by atoms with Crippen LogP contribution in [0.1, 0.15) is 10.4 Å². The summed E-state index contributed by atoms with van der Waals surface area (Å²) in [4.78, 5) is 22.1. The van der Waals surface area contributed by atoms with Gasteiger partial charge < -0.3 is 14.4 Å². The summed E-state index contributed by atoms with van der Waals surface area (Å²) in [5, 5.41) is 0. The van der Waals surface area contributed by atoms with Crippen LogP contribution in [0.25, 0.3) is 11.0 Å². The summed E-state index contributed by atoms with van der Waals surface area (Å²) in [5.74, 6) is 1.49. The molecule has 0 saturated carbocycles. The summed E-state index contributed by atoms with van der Waals surface area (Å²) in [7, 11) is -1.42. The van der Waals surface area contributed by atoms with E-state index in [9.17, 15) is 13.2 Å². The largest absolute Gasteiger partial charge is 0.342 e. The second-order valence-corrected chi connectivity index (χ2v) is 10.3. The Bertz CT molecular complexity index is 1240. The van der Waals surface area contributed by atoms with E-state index in [4.69, 9.17) is 4.98 Å². The average Bonchev–Trinajstić information content (AvgIpc) is 3.38. The lowest BCUT2D eigenvalue weighted by atomic mass is 10.0. The van der Waals surface area contributed by atoms with Crippen LogP contribution in [-0.2, 0) is 16.9 Å². The van der Waals surface area contributed by atoms with Crippen LogP contribution < -0.4 is 4.90 Å². The molecular weight excluding hydrogens is 400 g/mol. The van der Waals surface area contributed by atoms with Gasteiger partial charge in [-0.15, -0.1) is 0 Å². The van der Waals surface area contributed by atoms with E-state index in [-0.39, 0.29) is 16.4 Å². The number of nitrogens with zero attached hydrogens (tertiary/aromatic N) is 4. The maximum absolute atomic E-state index is 13.1. The van der Waals surface area contributed by atoms with E-state index >= 15 is 0 Å². The summed E-state index contributed by atoms with van der Waals surface area (Å²) in [6.45, 7) is 2.97. The summed E-state index contributed by atoms with van der Waals surface area (Å²) in [6, 6.07) is 14.6. The van der Waals surface area contributed by atoms with Gasteiger partial charge in [-0.1, -0.05) is 24.3 Å². The van der Waals surface area contributed by atoms with Crippen molar-refractivity contribution in [3.63, 3.8) is 0 Å². The number of rotatable bonds is 3. The van der Waals surface area contributed by atoms with Crippen molar-refractivity contribution in [2.75, 3.05) is 37.3 Å². The van der Waals surface area contributed by atoms with Gasteiger partial charge in [-0.3, -0.25) is 4.79 Å². The Kier molecular flexibility index (Phi) is 4.36. The molecule has 0 bridgehead atoms. The highest BCUT2D eigenvalue weighted by Gasteiger charge is 2.43. The summed E-state index contributed by atoms with van der Waals surface area (Å²) < 4.78 is 26.3. The molecule has 2 saturated heterocycles. The predicted molar refractivity (Wildman–Crippen MR) is 115 cm³/mol. The summed E-state index contributed by atoms with van der Waals surface area (Å²) >= 11 is 0. The minimum absolute atomic E-state index is 0.105. The molecule has 0 aliphatic carbocycles. The van der Waals surface area contributed by atoms with Crippen LogP contribution in [0.3, 0.4) is 0 Å². The number of hydrogen-bond acceptors (Lipinski definition) is 5. The van der Waals surface area contributed by atoms with Gasteiger partial charge in [0.05, 0.1) is 21.5 Å². The van der Waals surface area contributed by atoms with Crippen LogP contribution in [0.5, 0.6) is 0 Å². The normalized spacial score (nSPS) is 21.4. The fourth-order valence-corrected chi connectivity index (χ4v) is 5.76. The zero-order chi connectivity index (χ0) is 21.0. The number of aryl methyl sites for hydroxylation is 1. The van der Waals surface area contributed by atoms with Crippen molar-refractivity contribution in [2.45, 2.75) is 4.90 Å². The molecule has 3 aromatic rings. The molecule has 2 unspecified atom stereocenters. The topological polar surface area (TPSA) is 75.5 Å². The number of likely N-dealkylation sites (tertiary alicyclic amines) is 1. The SMILES string of the molecule is Cn1c(N2CC3CN(C(=O)c4ccccc4S(C)(=O)=O)CC3C2)nc2ccccc21. The first-order chi connectivity index (χ1) is 14.3. The van der Waals surface area contributed by atoms with Crippen molar-refractivity contribution in [3.8, 4) is 0 Å². The van der Waals surface area contributed by atoms with E-state index in [0.717, 1.165) is 36.3 Å². The van der Waals surface area contributed by atoms with Gasteiger partial charge in [0.15, 0.2) is 9.84 Å². The molecule has 2 atom stereocenters. The third kappa shape index (κ3) is 3.06. The molecule has 2 aliphatic rings. The summed E-state index contributed by atoms with van der Waals surface area (Å²) in [5.41, 5.74) is 2.37. The maximum atomic E-state index is 13.1. The molecule has 8 heteroatoms. The van der Waals surface area contributed by atoms with E-state index in [1.165, 1.54) is 6.07 Å². The van der Waals surface area contributed by atoms with Crippen molar-refractivity contribution in [1.82, 2.24) is 14.5 Å². The van der Waals surface area contributed by atoms with Crippen molar-refractivity contribution >= 4 is 32.7 Å². The lowest BCUT2D eigenvalue weighted by molar-refractivity contribution is 0.0778. The number of anilines is 1. The highest BCUT2D eigenvalue weighted by atomic mass is 32.2. The molecular formula is C22H24N4O3S. The number of para-hydroxylation sites is 2. The molecule has 5 rings (SSSR count). The Morgan fingerprint density at radius 1 is 0.967 bits per heavy atom. The smallest absolute Gasteiger partial charge is 0.255 e. The molecule has 0 N–H and O–H groups in total. The summed E-state index contributed by atoms with van der Waals surface area (Å²) in [6.07, 6.45) is 1.15. The van der Waals surface area contributed by atoms with Crippen LogP contribution >= 0.6 is 0 Å². The number of carbonyl (C=O) groups is 1. The Morgan fingerprint density at radius 2 is 1.60 bits per heavy atom. The number of sulfone groups is 1. The van der Waals surface area contributed by atoms with Crippen molar-refractivity contribution in [2.24, 2.45) is 18.9 Å². The lowest BCUT2D eigenvalue weighted by Gasteiger charge is -2.23. The van der Waals surface area contributed by atoms with E-state index in [1.807, 2.05) is 30.1 Å². The van der Waals surface area contributed by atoms with Gasteiger partial charge in [-0.05, 0) is 24.3 Å². The van der Waals surface area contributed by atoms with Gasteiger partial charge in [-0.25, -0.2) is 13.4 Å². The molecule has 1 amide bonds. The Labute approximate surface area is 175 Å². The third-order valence-corrected chi connectivity index (χ3v) is 7.49. The first-order valence-corrected chi connectivity index (χ1v) is 12.0. The van der Waals surface area contributed by atoms with Crippen LogP contribution in [0.2, 0.25) is 0 Å². The first kappa shape index (κ1) is 19.1. The minimum atomic E-state index is -3.46. The monoisotopic (exact) mass is 424 g/mol. The van der Waals surface area contributed by atoms with Crippen LogP contribution in [0.15, 0.2) is 53.4 Å². The highest BCUT2D eigenvalue weighted by molar-refractivity contribution is 7.90. The fourth-order valence-electron chi connectivity index (χ4n) is 4.87. The van der Waals surface area contributed by atoms with E-state index in [2.05, 4.69) is 15.5 Å². The molecule has 2 fully saturated rings. The number of benzene rings is 2. The number of hydrogen-bond donors (Lipinski definition) is 0. The van der Waals surface area contributed by atoms with Crippen molar-refractivity contribution < 1.29 is 13.2 Å². The fraction of sp³-hybridized carbons (Fsp3) is 0.364. The molecule has 1 aromatic heterocycles. The predicted octanol–water partition coefficient (Wildman–Crippen LogP) is 2.19. The number of fused-ring (bicyclic) bond motifs is 2. The van der Waals surface area contributed by atoms with Gasteiger partial charge in [-0.2, -0.15) is 0 Å². The van der Waals surface area contributed by atoms with Crippen LogP contribution in [0.4, 0.5) is 5.95 Å². The molecule has 3 heterocycles. The lowest BCUT2D eigenvalue weighted by Crippen LogP contribution is -2.34. The number of aromatic nitrogens is 2. The average molecular weight is 425 g/mol. The van der Waals surface area contributed by atoms with Gasteiger partial charge in [0.2, 0.25) is 5.95 Å². The second kappa shape index (κ2) is 6.84. The molecule has 156 valence electrons. The molecule has 0 radical (unpaired) electrons. The van der Waals surface area contributed by atoms with E-state index in [0.29, 0.717) is 24.9 Å². The van der Waals surface area contributed by atoms with E-state index < -0.39 is 9.84 Å². The molecule has 2 aliphatic heterocycles. The molecule has 7 nitrogen and oxygen atoms in total. The van der Waals surface area contributed by atoms with Crippen molar-refractivity contribution in [3.05, 3.63) is 54.1 Å². The molecule has 30 heavy (non-hydrogen) atoms. The standard InChI is InChI=1S/C22H24N4O3S/c1-24-19-9-5-4-8-18(19)23-22(24)26-13-15-11-25(12-16(15)14-26)21(27)17-7-3-6-10-20(17)30(2,28)29/h3-10,15-16H,11-14H2,1-2H3. The zero-order valence-electron chi connectivity index (χ0n) is 17.0. The van der Waals surface area contributed by atoms with Gasteiger partial charge >= 0.3 is 0 Å². The van der Waals surface area contributed by atoms with Crippen LogP contribution in [-0.4, -0.2) is 61.2 Å². The molecule has 0 spiro atoms. The number of amides is 1. The van der Waals surface area contributed by atoms with Crippen LogP contribution in [0, 0.1) is 11.8 Å². The third-order valence-electron chi connectivity index (χ3n) is 6.34. The Morgan fingerprint density at radius 3 is 2.27 bits per heavy atom. The molecule has 2 aromatic carbocycles. The van der Waals surface area contributed by atoms with Gasteiger partial charge in [0.25, 0.3) is 5.91 Å². The first-order valence-electron chi connectivity index (χ1n) is 10.1. The number of carbonyl (C=O) groups excluding carboxylic acids is 1. The minimum Gasteiger partial charge on any atom is -0.342 e. The highest BCUT2D eigenvalue weighted by Crippen LogP contribution is 2.35. The second-order valence-electron chi connectivity index (χ2n) is 8.36. The van der Waals surface area contributed by atoms with Gasteiger partial charge in [0.1, 0.15) is 0 Å².